The Balaban J connectivity index is 4.23. The first-order valence-corrected chi connectivity index (χ1v) is 4.30. The fourth-order valence-corrected chi connectivity index (χ4v) is 0.644. The van der Waals surface area contributed by atoms with Gasteiger partial charge in [-0.3, -0.25) is 4.79 Å². The van der Waals surface area contributed by atoms with Crippen molar-refractivity contribution in [3.8, 4) is 0 Å². The highest BCUT2D eigenvalue weighted by atomic mass is 16.2. The Labute approximate surface area is 74.7 Å². The minimum absolute atomic E-state index is 0.0856. The van der Waals surface area contributed by atoms with Crippen LogP contribution in [-0.2, 0) is 4.79 Å². The van der Waals surface area contributed by atoms with Gasteiger partial charge in [-0.1, -0.05) is 6.92 Å². The van der Waals surface area contributed by atoms with Crippen LogP contribution in [-0.4, -0.2) is 17.0 Å². The van der Waals surface area contributed by atoms with E-state index in [0.29, 0.717) is 6.42 Å². The van der Waals surface area contributed by atoms with Crippen LogP contribution in [0.15, 0.2) is 0 Å². The van der Waals surface area contributed by atoms with Gasteiger partial charge in [-0.15, -0.1) is 0 Å². The van der Waals surface area contributed by atoms with E-state index in [1.165, 1.54) is 0 Å². The molecule has 3 nitrogen and oxygen atoms in total. The Morgan fingerprint density at radius 3 is 2.00 bits per heavy atom. The standard InChI is InChI=1S/C9H20N2O/c1-6-9(5,10)7(12)11-8(2,3)4/h6,10H2,1-5H3,(H,11,12)/t9-/m0/s1. The van der Waals surface area contributed by atoms with Crippen LogP contribution in [0.2, 0.25) is 0 Å². The van der Waals surface area contributed by atoms with E-state index in [9.17, 15) is 4.79 Å². The molecule has 1 atom stereocenters. The summed E-state index contributed by atoms with van der Waals surface area (Å²) in [6.45, 7) is 9.47. The Kier molecular flexibility index (Phi) is 3.27. The van der Waals surface area contributed by atoms with Crippen molar-refractivity contribution in [2.45, 2.75) is 52.1 Å². The summed E-state index contributed by atoms with van der Waals surface area (Å²) in [4.78, 5) is 11.5. The Hall–Kier alpha value is -0.570. The second-order valence-corrected chi connectivity index (χ2v) is 4.48. The second-order valence-electron chi connectivity index (χ2n) is 4.48. The molecule has 72 valence electrons. The summed E-state index contributed by atoms with van der Waals surface area (Å²) >= 11 is 0. The van der Waals surface area contributed by atoms with Crippen LogP contribution in [0, 0.1) is 0 Å². The Morgan fingerprint density at radius 1 is 1.33 bits per heavy atom. The molecule has 0 unspecified atom stereocenters. The molecule has 12 heavy (non-hydrogen) atoms. The number of hydrogen-bond donors (Lipinski definition) is 2. The molecule has 0 rings (SSSR count). The second kappa shape index (κ2) is 3.44. The van der Waals surface area contributed by atoms with E-state index in [2.05, 4.69) is 5.32 Å². The molecular formula is C9H20N2O. The molecular weight excluding hydrogens is 152 g/mol. The molecule has 0 aliphatic carbocycles. The molecule has 0 fully saturated rings. The molecule has 0 aromatic rings. The van der Waals surface area contributed by atoms with E-state index in [-0.39, 0.29) is 11.4 Å². The van der Waals surface area contributed by atoms with Crippen LogP contribution in [0.4, 0.5) is 0 Å². The van der Waals surface area contributed by atoms with Crippen molar-refractivity contribution in [1.82, 2.24) is 5.32 Å². The highest BCUT2D eigenvalue weighted by molar-refractivity contribution is 5.86. The lowest BCUT2D eigenvalue weighted by molar-refractivity contribution is -0.127. The van der Waals surface area contributed by atoms with Gasteiger partial charge in [0.15, 0.2) is 0 Å². The highest BCUT2D eigenvalue weighted by Crippen LogP contribution is 2.07. The Morgan fingerprint density at radius 2 is 1.75 bits per heavy atom. The average Bonchev–Trinajstić information content (AvgIpc) is 1.84. The van der Waals surface area contributed by atoms with E-state index in [1.807, 2.05) is 27.7 Å². The third-order valence-corrected chi connectivity index (χ3v) is 1.74. The zero-order valence-electron chi connectivity index (χ0n) is 8.69. The molecule has 0 bridgehead atoms. The molecule has 3 heteroatoms. The van der Waals surface area contributed by atoms with Crippen molar-refractivity contribution < 1.29 is 4.79 Å². The van der Waals surface area contributed by atoms with Crippen LogP contribution in [0.1, 0.15) is 41.0 Å². The molecule has 0 saturated carbocycles. The third-order valence-electron chi connectivity index (χ3n) is 1.74. The maximum atomic E-state index is 11.5. The molecule has 0 heterocycles. The smallest absolute Gasteiger partial charge is 0.240 e. The highest BCUT2D eigenvalue weighted by Gasteiger charge is 2.28. The first kappa shape index (κ1) is 11.4. The van der Waals surface area contributed by atoms with Gasteiger partial charge in [0.1, 0.15) is 0 Å². The van der Waals surface area contributed by atoms with Crippen molar-refractivity contribution in [3.05, 3.63) is 0 Å². The van der Waals surface area contributed by atoms with Gasteiger partial charge >= 0.3 is 0 Å². The summed E-state index contributed by atoms with van der Waals surface area (Å²) in [6, 6.07) is 0. The molecule has 3 N–H and O–H groups in total. The summed E-state index contributed by atoms with van der Waals surface area (Å²) in [6.07, 6.45) is 0.648. The van der Waals surface area contributed by atoms with Crippen LogP contribution in [0.25, 0.3) is 0 Å². The first-order valence-electron chi connectivity index (χ1n) is 4.30. The largest absolute Gasteiger partial charge is 0.350 e. The van der Waals surface area contributed by atoms with Gasteiger partial charge in [-0.25, -0.2) is 0 Å². The summed E-state index contributed by atoms with van der Waals surface area (Å²) in [5, 5.41) is 2.85. The minimum Gasteiger partial charge on any atom is -0.350 e. The lowest BCUT2D eigenvalue weighted by Crippen LogP contribution is -2.56. The van der Waals surface area contributed by atoms with Gasteiger partial charge in [0.2, 0.25) is 5.91 Å². The average molecular weight is 172 g/mol. The van der Waals surface area contributed by atoms with Gasteiger partial charge in [-0.05, 0) is 34.1 Å². The number of rotatable bonds is 2. The third kappa shape index (κ3) is 3.72. The lowest BCUT2D eigenvalue weighted by Gasteiger charge is -2.28. The van der Waals surface area contributed by atoms with Crippen LogP contribution < -0.4 is 11.1 Å². The van der Waals surface area contributed by atoms with E-state index in [4.69, 9.17) is 5.73 Å². The SMILES string of the molecule is CC[C@](C)(N)C(=O)NC(C)(C)C. The summed E-state index contributed by atoms with van der Waals surface area (Å²) < 4.78 is 0. The molecule has 0 saturated heterocycles. The quantitative estimate of drug-likeness (QED) is 0.653. The number of nitrogens with one attached hydrogen (secondary N) is 1. The van der Waals surface area contributed by atoms with Crippen LogP contribution in [0.3, 0.4) is 0 Å². The molecule has 0 aliphatic heterocycles. The number of carbonyl (C=O) groups excluding carboxylic acids is 1. The van der Waals surface area contributed by atoms with Gasteiger partial charge in [0.05, 0.1) is 5.54 Å². The van der Waals surface area contributed by atoms with Gasteiger partial charge in [-0.2, -0.15) is 0 Å². The summed E-state index contributed by atoms with van der Waals surface area (Å²) in [5.74, 6) is -0.0856. The normalized spacial score (nSPS) is 16.8. The number of hydrogen-bond acceptors (Lipinski definition) is 2. The fourth-order valence-electron chi connectivity index (χ4n) is 0.644. The Bertz CT molecular complexity index is 168. The zero-order chi connectivity index (χ0) is 9.99. The molecule has 1 amide bonds. The predicted molar refractivity (Wildman–Crippen MR) is 50.8 cm³/mol. The van der Waals surface area contributed by atoms with Crippen molar-refractivity contribution in [3.63, 3.8) is 0 Å². The maximum absolute atomic E-state index is 11.5. The number of amides is 1. The zero-order valence-corrected chi connectivity index (χ0v) is 8.69. The van der Waals surface area contributed by atoms with E-state index >= 15 is 0 Å². The van der Waals surface area contributed by atoms with Crippen molar-refractivity contribution >= 4 is 5.91 Å². The van der Waals surface area contributed by atoms with Crippen LogP contribution >= 0.6 is 0 Å². The predicted octanol–water partition coefficient (Wildman–Crippen LogP) is 1.03. The lowest BCUT2D eigenvalue weighted by atomic mass is 9.97. The molecule has 0 spiro atoms. The molecule has 0 aliphatic rings. The summed E-state index contributed by atoms with van der Waals surface area (Å²) in [7, 11) is 0. The van der Waals surface area contributed by atoms with Gasteiger partial charge in [0, 0.05) is 5.54 Å². The van der Waals surface area contributed by atoms with Gasteiger partial charge in [0.25, 0.3) is 0 Å². The fraction of sp³-hybridized carbons (Fsp3) is 0.889. The van der Waals surface area contributed by atoms with E-state index in [0.717, 1.165) is 0 Å². The maximum Gasteiger partial charge on any atom is 0.240 e. The summed E-state index contributed by atoms with van der Waals surface area (Å²) in [5.41, 5.74) is 4.81. The van der Waals surface area contributed by atoms with E-state index < -0.39 is 5.54 Å². The topological polar surface area (TPSA) is 55.1 Å². The van der Waals surface area contributed by atoms with E-state index in [1.54, 1.807) is 6.92 Å². The minimum atomic E-state index is -0.743. The van der Waals surface area contributed by atoms with Crippen LogP contribution in [0.5, 0.6) is 0 Å². The first-order chi connectivity index (χ1) is 5.19. The van der Waals surface area contributed by atoms with Crippen molar-refractivity contribution in [2.24, 2.45) is 5.73 Å². The van der Waals surface area contributed by atoms with Gasteiger partial charge < -0.3 is 11.1 Å². The number of nitrogens with two attached hydrogens (primary N) is 1. The van der Waals surface area contributed by atoms with Crippen molar-refractivity contribution in [2.75, 3.05) is 0 Å². The van der Waals surface area contributed by atoms with Crippen molar-refractivity contribution in [1.29, 1.82) is 0 Å². The number of carbonyl (C=O) groups is 1. The molecule has 0 aromatic carbocycles. The molecule has 0 radical (unpaired) electrons. The molecule has 0 aromatic heterocycles. The monoisotopic (exact) mass is 172 g/mol.